The topological polar surface area (TPSA) is 85.0 Å². The van der Waals surface area contributed by atoms with Gasteiger partial charge in [0.15, 0.2) is 0 Å². The minimum Gasteiger partial charge on any atom is -0.422 e. The fraction of sp³-hybridized carbons (Fsp3) is 0.0400. The maximum atomic E-state index is 12.7. The second-order valence-electron chi connectivity index (χ2n) is 6.96. The maximum absolute atomic E-state index is 12.7. The molecule has 6 nitrogen and oxygen atoms in total. The van der Waals surface area contributed by atoms with Crippen molar-refractivity contribution in [3.05, 3.63) is 111 Å². The number of para-hydroxylation sites is 1. The van der Waals surface area contributed by atoms with Crippen LogP contribution in [0.1, 0.15) is 21.7 Å². The highest BCUT2D eigenvalue weighted by Gasteiger charge is 2.18. The molecule has 0 N–H and O–H groups in total. The van der Waals surface area contributed by atoms with Crippen molar-refractivity contribution in [2.75, 3.05) is 0 Å². The summed E-state index contributed by atoms with van der Waals surface area (Å²) in [5, 5.41) is 13.5. The van der Waals surface area contributed by atoms with Crippen LogP contribution < -0.4 is 10.2 Å². The summed E-state index contributed by atoms with van der Waals surface area (Å²) in [4.78, 5) is 25.1. The van der Waals surface area contributed by atoms with Crippen molar-refractivity contribution >= 4 is 17.6 Å². The molecular formula is C25H16ClN3O3. The van der Waals surface area contributed by atoms with E-state index in [0.29, 0.717) is 22.0 Å². The van der Waals surface area contributed by atoms with Crippen molar-refractivity contribution in [1.82, 2.24) is 9.78 Å². The number of benzene rings is 3. The number of carbonyl (C=O) groups is 1. The number of halogens is 1. The molecule has 0 atom stereocenters. The Morgan fingerprint density at radius 2 is 1.62 bits per heavy atom. The number of hydrogen-bond acceptors (Lipinski definition) is 5. The van der Waals surface area contributed by atoms with Crippen molar-refractivity contribution in [1.29, 1.82) is 5.26 Å². The quantitative estimate of drug-likeness (QED) is 0.330. The summed E-state index contributed by atoms with van der Waals surface area (Å²) in [6.45, 7) is 1.70. The number of nitriles is 1. The predicted octanol–water partition coefficient (Wildman–Crippen LogP) is 4.95. The summed E-state index contributed by atoms with van der Waals surface area (Å²) in [7, 11) is 0. The summed E-state index contributed by atoms with van der Waals surface area (Å²) in [5.41, 5.74) is 2.59. The Hall–Kier alpha value is -4.21. The number of carbonyl (C=O) groups excluding carboxylic acids is 1. The Kier molecular flexibility index (Phi) is 5.84. The van der Waals surface area contributed by atoms with Gasteiger partial charge in [-0.15, -0.1) is 0 Å². The zero-order chi connectivity index (χ0) is 22.7. The van der Waals surface area contributed by atoms with Crippen LogP contribution in [0.15, 0.2) is 83.7 Å². The molecule has 0 spiro atoms. The summed E-state index contributed by atoms with van der Waals surface area (Å²) in [6, 6.07) is 24.4. The first kappa shape index (κ1) is 21.0. The number of ether oxygens (including phenoxy) is 1. The van der Waals surface area contributed by atoms with Crippen molar-refractivity contribution in [2.24, 2.45) is 0 Å². The van der Waals surface area contributed by atoms with Crippen molar-refractivity contribution in [3.8, 4) is 28.6 Å². The van der Waals surface area contributed by atoms with Crippen LogP contribution in [-0.4, -0.2) is 15.7 Å². The molecule has 0 amide bonds. The normalized spacial score (nSPS) is 10.4. The van der Waals surface area contributed by atoms with Gasteiger partial charge >= 0.3 is 5.97 Å². The van der Waals surface area contributed by atoms with Crippen LogP contribution in [0, 0.1) is 18.3 Å². The van der Waals surface area contributed by atoms with E-state index in [1.807, 2.05) is 12.1 Å². The molecule has 0 aliphatic rings. The van der Waals surface area contributed by atoms with Crippen molar-refractivity contribution in [2.45, 2.75) is 6.92 Å². The fourth-order valence-corrected chi connectivity index (χ4v) is 3.38. The number of nitrogens with zero attached hydrogens (tertiary/aromatic N) is 3. The number of rotatable bonds is 4. The highest BCUT2D eigenvalue weighted by molar-refractivity contribution is 6.32. The molecular weight excluding hydrogens is 426 g/mol. The Morgan fingerprint density at radius 1 is 1.00 bits per heavy atom. The van der Waals surface area contributed by atoms with E-state index in [1.165, 1.54) is 10.7 Å². The first-order chi connectivity index (χ1) is 15.5. The van der Waals surface area contributed by atoms with E-state index in [9.17, 15) is 9.59 Å². The van der Waals surface area contributed by atoms with Gasteiger partial charge < -0.3 is 4.74 Å². The van der Waals surface area contributed by atoms with Crippen LogP contribution in [0.5, 0.6) is 5.75 Å². The average molecular weight is 442 g/mol. The van der Waals surface area contributed by atoms with Crippen LogP contribution in [0.3, 0.4) is 0 Å². The first-order valence-corrected chi connectivity index (χ1v) is 10.0. The molecule has 3 aromatic carbocycles. The minimum atomic E-state index is -0.859. The van der Waals surface area contributed by atoms with E-state index < -0.39 is 11.4 Å². The zero-order valence-electron chi connectivity index (χ0n) is 16.9. The van der Waals surface area contributed by atoms with Crippen LogP contribution in [0.25, 0.3) is 16.8 Å². The second kappa shape index (κ2) is 8.88. The zero-order valence-corrected chi connectivity index (χ0v) is 17.7. The third-order valence-corrected chi connectivity index (χ3v) is 5.11. The standard InChI is InChI=1S/C25H16ClN3O3/c1-16-14-23(30)24(28-29(16)22-5-3-2-4-21(22)26)25(31)32-20-12-10-19(11-13-20)18-8-6-17(15-27)7-9-18/h2-14H,1H3. The van der Waals surface area contributed by atoms with Gasteiger partial charge in [0.2, 0.25) is 11.1 Å². The first-order valence-electron chi connectivity index (χ1n) is 9.65. The molecule has 0 saturated heterocycles. The lowest BCUT2D eigenvalue weighted by Gasteiger charge is -2.12. The van der Waals surface area contributed by atoms with Crippen LogP contribution >= 0.6 is 11.6 Å². The number of hydrogen-bond donors (Lipinski definition) is 0. The van der Waals surface area contributed by atoms with Gasteiger partial charge in [0.25, 0.3) is 0 Å². The largest absolute Gasteiger partial charge is 0.422 e. The van der Waals surface area contributed by atoms with Gasteiger partial charge in [-0.05, 0) is 54.4 Å². The molecule has 4 rings (SSSR count). The van der Waals surface area contributed by atoms with Gasteiger partial charge in [-0.25, -0.2) is 9.48 Å². The number of esters is 1. The Bertz CT molecular complexity index is 1400. The Balaban J connectivity index is 1.59. The highest BCUT2D eigenvalue weighted by atomic mass is 35.5. The molecule has 32 heavy (non-hydrogen) atoms. The summed E-state index contributed by atoms with van der Waals surface area (Å²) in [6.07, 6.45) is 0. The number of aryl methyl sites for hydroxylation is 1. The SMILES string of the molecule is Cc1cc(=O)c(C(=O)Oc2ccc(-c3ccc(C#N)cc3)cc2)nn1-c1ccccc1Cl. The number of aromatic nitrogens is 2. The molecule has 1 aromatic heterocycles. The smallest absolute Gasteiger partial charge is 0.368 e. The lowest BCUT2D eigenvalue weighted by Crippen LogP contribution is -2.25. The second-order valence-corrected chi connectivity index (χ2v) is 7.37. The average Bonchev–Trinajstić information content (AvgIpc) is 2.80. The van der Waals surface area contributed by atoms with Crippen LogP contribution in [-0.2, 0) is 0 Å². The third-order valence-electron chi connectivity index (χ3n) is 4.79. The van der Waals surface area contributed by atoms with E-state index in [1.54, 1.807) is 67.6 Å². The van der Waals surface area contributed by atoms with E-state index in [4.69, 9.17) is 21.6 Å². The molecule has 156 valence electrons. The van der Waals surface area contributed by atoms with Gasteiger partial charge in [0.1, 0.15) is 5.75 Å². The lowest BCUT2D eigenvalue weighted by atomic mass is 10.0. The van der Waals surface area contributed by atoms with E-state index >= 15 is 0 Å². The monoisotopic (exact) mass is 441 g/mol. The molecule has 0 aliphatic carbocycles. The van der Waals surface area contributed by atoms with Gasteiger partial charge in [0, 0.05) is 11.8 Å². The molecule has 0 unspecified atom stereocenters. The fourth-order valence-electron chi connectivity index (χ4n) is 3.16. The minimum absolute atomic E-state index is 0.276. The summed E-state index contributed by atoms with van der Waals surface area (Å²) >= 11 is 6.24. The summed E-state index contributed by atoms with van der Waals surface area (Å²) in [5.74, 6) is -0.583. The molecule has 4 aromatic rings. The molecule has 7 heteroatoms. The Labute approximate surface area is 188 Å². The van der Waals surface area contributed by atoms with Gasteiger partial charge in [-0.1, -0.05) is 48.0 Å². The molecule has 0 aliphatic heterocycles. The van der Waals surface area contributed by atoms with Gasteiger partial charge in [-0.3, -0.25) is 4.79 Å². The van der Waals surface area contributed by atoms with E-state index in [0.717, 1.165) is 11.1 Å². The molecule has 0 saturated carbocycles. The molecule has 0 radical (unpaired) electrons. The van der Waals surface area contributed by atoms with E-state index in [-0.39, 0.29) is 11.4 Å². The summed E-state index contributed by atoms with van der Waals surface area (Å²) < 4.78 is 6.82. The van der Waals surface area contributed by atoms with Gasteiger partial charge in [-0.2, -0.15) is 10.4 Å². The van der Waals surface area contributed by atoms with Crippen molar-refractivity contribution in [3.63, 3.8) is 0 Å². The third kappa shape index (κ3) is 4.29. The maximum Gasteiger partial charge on any atom is 0.368 e. The molecule has 0 bridgehead atoms. The van der Waals surface area contributed by atoms with Gasteiger partial charge in [0.05, 0.1) is 22.3 Å². The van der Waals surface area contributed by atoms with Crippen molar-refractivity contribution < 1.29 is 9.53 Å². The molecule has 0 fully saturated rings. The predicted molar refractivity (Wildman–Crippen MR) is 121 cm³/mol. The van der Waals surface area contributed by atoms with Crippen LogP contribution in [0.2, 0.25) is 5.02 Å². The molecule has 1 heterocycles. The highest BCUT2D eigenvalue weighted by Crippen LogP contribution is 2.23. The van der Waals surface area contributed by atoms with Crippen LogP contribution in [0.4, 0.5) is 0 Å². The Morgan fingerprint density at radius 3 is 2.25 bits per heavy atom. The van der Waals surface area contributed by atoms with E-state index in [2.05, 4.69) is 11.2 Å². The lowest BCUT2D eigenvalue weighted by molar-refractivity contribution is 0.0725.